The molecular formula is C15H23NO. The van der Waals surface area contributed by atoms with Crippen molar-refractivity contribution in [1.29, 1.82) is 0 Å². The maximum atomic E-state index is 5.22. The van der Waals surface area contributed by atoms with Crippen LogP contribution in [-0.4, -0.2) is 6.21 Å². The van der Waals surface area contributed by atoms with Gasteiger partial charge in [0.25, 0.3) is 0 Å². The van der Waals surface area contributed by atoms with Crippen molar-refractivity contribution in [3.05, 3.63) is 35.9 Å². The van der Waals surface area contributed by atoms with Gasteiger partial charge in [0.2, 0.25) is 0 Å². The molecule has 2 heteroatoms. The minimum Gasteiger partial charge on any atom is -0.391 e. The van der Waals surface area contributed by atoms with Crippen LogP contribution in [0.15, 0.2) is 35.5 Å². The van der Waals surface area contributed by atoms with E-state index in [1.807, 2.05) is 36.5 Å². The van der Waals surface area contributed by atoms with Crippen molar-refractivity contribution in [3.8, 4) is 0 Å². The first-order valence-electron chi connectivity index (χ1n) is 6.61. The van der Waals surface area contributed by atoms with Gasteiger partial charge in [0.1, 0.15) is 6.61 Å². The molecule has 0 aromatic heterocycles. The van der Waals surface area contributed by atoms with Crippen LogP contribution in [0.5, 0.6) is 0 Å². The molecule has 0 heterocycles. The molecule has 0 fully saturated rings. The van der Waals surface area contributed by atoms with Gasteiger partial charge in [0.05, 0.1) is 0 Å². The molecule has 0 aliphatic carbocycles. The Kier molecular flexibility index (Phi) is 8.00. The minimum absolute atomic E-state index is 0.563. The lowest BCUT2D eigenvalue weighted by Gasteiger charge is -1.99. The summed E-state index contributed by atoms with van der Waals surface area (Å²) in [4.78, 5) is 5.22. The van der Waals surface area contributed by atoms with Crippen molar-refractivity contribution < 1.29 is 4.84 Å². The van der Waals surface area contributed by atoms with Crippen LogP contribution in [-0.2, 0) is 11.4 Å². The van der Waals surface area contributed by atoms with Gasteiger partial charge in [-0.2, -0.15) is 0 Å². The first kappa shape index (κ1) is 13.8. The van der Waals surface area contributed by atoms with E-state index in [-0.39, 0.29) is 0 Å². The molecular weight excluding hydrogens is 210 g/mol. The van der Waals surface area contributed by atoms with Crippen LogP contribution in [0, 0.1) is 0 Å². The van der Waals surface area contributed by atoms with Gasteiger partial charge in [-0.1, -0.05) is 68.1 Å². The van der Waals surface area contributed by atoms with Gasteiger partial charge in [-0.25, -0.2) is 0 Å². The van der Waals surface area contributed by atoms with Gasteiger partial charge >= 0.3 is 0 Å². The molecule has 0 bridgehead atoms. The minimum atomic E-state index is 0.563. The fourth-order valence-electron chi connectivity index (χ4n) is 1.63. The van der Waals surface area contributed by atoms with E-state index in [0.717, 1.165) is 12.0 Å². The third-order valence-corrected chi connectivity index (χ3v) is 2.66. The largest absolute Gasteiger partial charge is 0.391 e. The summed E-state index contributed by atoms with van der Waals surface area (Å²) in [5.74, 6) is 0. The zero-order chi connectivity index (χ0) is 12.2. The highest BCUT2D eigenvalue weighted by molar-refractivity contribution is 5.56. The van der Waals surface area contributed by atoms with Crippen LogP contribution in [0.4, 0.5) is 0 Å². The molecule has 0 spiro atoms. The third kappa shape index (κ3) is 7.56. The molecule has 0 aliphatic rings. The van der Waals surface area contributed by atoms with Crippen LogP contribution >= 0.6 is 0 Å². The summed E-state index contributed by atoms with van der Waals surface area (Å²) in [5.41, 5.74) is 1.16. The highest BCUT2D eigenvalue weighted by Gasteiger charge is 1.89. The van der Waals surface area contributed by atoms with Crippen molar-refractivity contribution in [1.82, 2.24) is 0 Å². The Morgan fingerprint density at radius 3 is 2.59 bits per heavy atom. The summed E-state index contributed by atoms with van der Waals surface area (Å²) >= 11 is 0. The fourth-order valence-corrected chi connectivity index (χ4v) is 1.63. The van der Waals surface area contributed by atoms with E-state index in [1.54, 1.807) is 0 Å². The normalized spacial score (nSPS) is 10.9. The summed E-state index contributed by atoms with van der Waals surface area (Å²) in [5, 5.41) is 3.96. The molecule has 0 aliphatic heterocycles. The van der Waals surface area contributed by atoms with E-state index in [4.69, 9.17) is 4.84 Å². The molecule has 0 saturated heterocycles. The molecule has 94 valence electrons. The first-order valence-corrected chi connectivity index (χ1v) is 6.61. The zero-order valence-corrected chi connectivity index (χ0v) is 10.8. The SMILES string of the molecule is CCCCCCCC=NOCc1ccccc1. The van der Waals surface area contributed by atoms with Crippen molar-refractivity contribution in [2.75, 3.05) is 0 Å². The molecule has 1 aromatic carbocycles. The van der Waals surface area contributed by atoms with E-state index in [2.05, 4.69) is 12.1 Å². The summed E-state index contributed by atoms with van der Waals surface area (Å²) in [6, 6.07) is 10.1. The maximum absolute atomic E-state index is 5.22. The number of rotatable bonds is 9. The number of hydrogen-bond acceptors (Lipinski definition) is 2. The van der Waals surface area contributed by atoms with Gasteiger partial charge in [-0.05, 0) is 18.4 Å². The summed E-state index contributed by atoms with van der Waals surface area (Å²) in [6.07, 6.45) is 9.43. The highest BCUT2D eigenvalue weighted by Crippen LogP contribution is 2.04. The molecule has 0 atom stereocenters. The van der Waals surface area contributed by atoms with Crippen LogP contribution < -0.4 is 0 Å². The zero-order valence-electron chi connectivity index (χ0n) is 10.8. The number of hydrogen-bond donors (Lipinski definition) is 0. The van der Waals surface area contributed by atoms with E-state index in [9.17, 15) is 0 Å². The predicted molar refractivity (Wildman–Crippen MR) is 73.1 cm³/mol. The Balaban J connectivity index is 1.96. The predicted octanol–water partition coefficient (Wildman–Crippen LogP) is 4.55. The van der Waals surface area contributed by atoms with Gasteiger partial charge in [0.15, 0.2) is 0 Å². The summed E-state index contributed by atoms with van der Waals surface area (Å²) < 4.78 is 0. The monoisotopic (exact) mass is 233 g/mol. The highest BCUT2D eigenvalue weighted by atomic mass is 16.6. The fraction of sp³-hybridized carbons (Fsp3) is 0.533. The van der Waals surface area contributed by atoms with Crippen LogP contribution in [0.3, 0.4) is 0 Å². The number of unbranched alkanes of at least 4 members (excludes halogenated alkanes) is 5. The summed E-state index contributed by atoms with van der Waals surface area (Å²) in [7, 11) is 0. The van der Waals surface area contributed by atoms with Gasteiger partial charge in [-0.15, -0.1) is 0 Å². The third-order valence-electron chi connectivity index (χ3n) is 2.66. The second-order valence-electron chi connectivity index (χ2n) is 4.25. The van der Waals surface area contributed by atoms with Crippen molar-refractivity contribution in [2.45, 2.75) is 52.1 Å². The second-order valence-corrected chi connectivity index (χ2v) is 4.25. The van der Waals surface area contributed by atoms with Gasteiger partial charge < -0.3 is 4.84 Å². The van der Waals surface area contributed by atoms with Gasteiger partial charge in [-0.3, -0.25) is 0 Å². The van der Waals surface area contributed by atoms with Crippen LogP contribution in [0.2, 0.25) is 0 Å². The van der Waals surface area contributed by atoms with E-state index in [0.29, 0.717) is 6.61 Å². The smallest absolute Gasteiger partial charge is 0.142 e. The lowest BCUT2D eigenvalue weighted by atomic mass is 10.1. The Morgan fingerprint density at radius 2 is 1.82 bits per heavy atom. The van der Waals surface area contributed by atoms with E-state index >= 15 is 0 Å². The molecule has 1 aromatic rings. The molecule has 1 rings (SSSR count). The average molecular weight is 233 g/mol. The van der Waals surface area contributed by atoms with Gasteiger partial charge in [0, 0.05) is 6.21 Å². The van der Waals surface area contributed by atoms with Crippen LogP contribution in [0.25, 0.3) is 0 Å². The molecule has 0 radical (unpaired) electrons. The first-order chi connectivity index (χ1) is 8.43. The van der Waals surface area contributed by atoms with Crippen molar-refractivity contribution >= 4 is 6.21 Å². The van der Waals surface area contributed by atoms with Crippen molar-refractivity contribution in [3.63, 3.8) is 0 Å². The Morgan fingerprint density at radius 1 is 1.06 bits per heavy atom. The summed E-state index contributed by atoms with van der Waals surface area (Å²) in [6.45, 7) is 2.80. The van der Waals surface area contributed by atoms with Crippen LogP contribution in [0.1, 0.15) is 51.0 Å². The average Bonchev–Trinajstić information content (AvgIpc) is 2.38. The lowest BCUT2D eigenvalue weighted by molar-refractivity contribution is 0.131. The number of nitrogens with zero attached hydrogens (tertiary/aromatic N) is 1. The van der Waals surface area contributed by atoms with E-state index in [1.165, 1.54) is 32.1 Å². The molecule has 0 unspecified atom stereocenters. The Bertz CT molecular complexity index is 295. The standard InChI is InChI=1S/C15H23NO/c1-2-3-4-5-6-10-13-16-17-14-15-11-8-7-9-12-15/h7-9,11-13H,2-6,10,14H2,1H3. The molecule has 0 amide bonds. The molecule has 17 heavy (non-hydrogen) atoms. The molecule has 0 N–H and O–H groups in total. The number of benzene rings is 1. The van der Waals surface area contributed by atoms with Crippen molar-refractivity contribution in [2.24, 2.45) is 5.16 Å². The topological polar surface area (TPSA) is 21.6 Å². The Hall–Kier alpha value is -1.31. The second kappa shape index (κ2) is 9.88. The maximum Gasteiger partial charge on any atom is 0.142 e. The quantitative estimate of drug-likeness (QED) is 0.348. The molecule has 2 nitrogen and oxygen atoms in total. The number of oxime groups is 1. The van der Waals surface area contributed by atoms with E-state index < -0.39 is 0 Å². The lowest BCUT2D eigenvalue weighted by Crippen LogP contribution is -1.87. The Labute approximate surface area is 105 Å². The molecule has 0 saturated carbocycles.